The number of nitrogens with zero attached hydrogens (tertiary/aromatic N) is 2. The Hall–Kier alpha value is -0.940. The highest BCUT2D eigenvalue weighted by Crippen LogP contribution is 2.15. The first-order valence-corrected chi connectivity index (χ1v) is 5.04. The van der Waals surface area contributed by atoms with Crippen LogP contribution >= 0.6 is 11.3 Å². The molecule has 0 aromatic carbocycles. The van der Waals surface area contributed by atoms with E-state index in [0.29, 0.717) is 0 Å². The minimum atomic E-state index is -0.931. The number of aromatic nitrogens is 1. The van der Waals surface area contributed by atoms with Gasteiger partial charge in [-0.15, -0.1) is 11.3 Å². The Labute approximate surface area is 79.8 Å². The van der Waals surface area contributed by atoms with Crippen molar-refractivity contribution in [1.82, 2.24) is 9.88 Å². The molecule has 70 valence electrons. The minimum absolute atomic E-state index is 0.190. The Bertz CT molecular complexity index is 320. The largest absolute Gasteiger partial charge is 0.476 e. The number of thiazole rings is 1. The number of carboxylic acids is 1. The van der Waals surface area contributed by atoms with E-state index in [1.165, 1.54) is 17.8 Å². The normalized spacial score (nSPS) is 16.9. The maximum Gasteiger partial charge on any atom is 0.365 e. The average Bonchev–Trinajstić information content (AvgIpc) is 2.44. The quantitative estimate of drug-likeness (QED) is 0.788. The van der Waals surface area contributed by atoms with Crippen molar-refractivity contribution in [2.45, 2.75) is 13.0 Å². The van der Waals surface area contributed by atoms with Gasteiger partial charge in [-0.2, -0.15) is 0 Å². The van der Waals surface area contributed by atoms with Crippen molar-refractivity contribution in [3.63, 3.8) is 0 Å². The first-order valence-electron chi connectivity index (χ1n) is 4.16. The van der Waals surface area contributed by atoms with Gasteiger partial charge in [0, 0.05) is 11.9 Å². The van der Waals surface area contributed by atoms with Gasteiger partial charge in [-0.3, -0.25) is 4.90 Å². The summed E-state index contributed by atoms with van der Waals surface area (Å²) in [4.78, 5) is 16.8. The molecule has 0 unspecified atom stereocenters. The van der Waals surface area contributed by atoms with Crippen LogP contribution in [0.3, 0.4) is 0 Å². The molecule has 0 radical (unpaired) electrons. The zero-order chi connectivity index (χ0) is 9.26. The molecule has 0 aliphatic carbocycles. The van der Waals surface area contributed by atoms with Gasteiger partial charge in [0.2, 0.25) is 5.01 Å². The molecular formula is C8H10N2O2S. The number of carbonyl (C=O) groups is 1. The highest BCUT2D eigenvalue weighted by atomic mass is 32.1. The van der Waals surface area contributed by atoms with Gasteiger partial charge in [0.1, 0.15) is 0 Å². The first kappa shape index (κ1) is 8.65. The summed E-state index contributed by atoms with van der Waals surface area (Å²) in [6.07, 6.45) is 1.25. The Kier molecular flexibility index (Phi) is 2.28. The Balaban J connectivity index is 2.00. The van der Waals surface area contributed by atoms with Crippen molar-refractivity contribution in [2.24, 2.45) is 0 Å². The molecule has 1 aliphatic rings. The fourth-order valence-corrected chi connectivity index (χ4v) is 1.89. The summed E-state index contributed by atoms with van der Waals surface area (Å²) in [7, 11) is 0. The number of rotatable bonds is 3. The van der Waals surface area contributed by atoms with Gasteiger partial charge in [-0.1, -0.05) is 0 Å². The third-order valence-electron chi connectivity index (χ3n) is 2.07. The van der Waals surface area contributed by atoms with Gasteiger partial charge >= 0.3 is 5.97 Å². The molecule has 1 fully saturated rings. The van der Waals surface area contributed by atoms with E-state index < -0.39 is 5.97 Å². The van der Waals surface area contributed by atoms with E-state index in [9.17, 15) is 4.79 Å². The van der Waals surface area contributed by atoms with Gasteiger partial charge in [0.25, 0.3) is 0 Å². The number of hydrogen-bond donors (Lipinski definition) is 1. The van der Waals surface area contributed by atoms with Crippen molar-refractivity contribution in [3.05, 3.63) is 16.1 Å². The van der Waals surface area contributed by atoms with Crippen LogP contribution in [0, 0.1) is 0 Å². The molecule has 2 rings (SSSR count). The molecule has 1 aliphatic heterocycles. The Morgan fingerprint density at radius 1 is 1.69 bits per heavy atom. The lowest BCUT2D eigenvalue weighted by molar-refractivity contribution is 0.0696. The van der Waals surface area contributed by atoms with Crippen LogP contribution in [0.5, 0.6) is 0 Å². The molecule has 0 atom stereocenters. The number of aromatic carboxylic acids is 1. The molecule has 13 heavy (non-hydrogen) atoms. The van der Waals surface area contributed by atoms with E-state index in [-0.39, 0.29) is 5.01 Å². The fraction of sp³-hybridized carbons (Fsp3) is 0.500. The van der Waals surface area contributed by atoms with E-state index in [4.69, 9.17) is 5.11 Å². The van der Waals surface area contributed by atoms with Crippen molar-refractivity contribution in [3.8, 4) is 0 Å². The summed E-state index contributed by atoms with van der Waals surface area (Å²) in [5.41, 5.74) is 0.877. The topological polar surface area (TPSA) is 53.4 Å². The molecule has 1 aromatic rings. The van der Waals surface area contributed by atoms with Crippen LogP contribution in [0.25, 0.3) is 0 Å². The minimum Gasteiger partial charge on any atom is -0.476 e. The molecule has 0 spiro atoms. The summed E-state index contributed by atoms with van der Waals surface area (Å²) in [5, 5.41) is 10.6. The molecule has 0 bridgehead atoms. The predicted molar refractivity (Wildman–Crippen MR) is 49.0 cm³/mol. The van der Waals surface area contributed by atoms with E-state index in [1.54, 1.807) is 0 Å². The molecule has 0 amide bonds. The number of carboxylic acid groups (broad SMARTS) is 1. The van der Waals surface area contributed by atoms with E-state index in [2.05, 4.69) is 9.88 Å². The molecule has 5 heteroatoms. The standard InChI is InChI=1S/C8H10N2O2S/c11-8(12)7-9-6(5-13-7)4-10-2-1-3-10/h5H,1-4H2,(H,11,12). The van der Waals surface area contributed by atoms with Gasteiger partial charge < -0.3 is 5.11 Å². The van der Waals surface area contributed by atoms with Crippen LogP contribution in [0.2, 0.25) is 0 Å². The molecule has 1 N–H and O–H groups in total. The zero-order valence-corrected chi connectivity index (χ0v) is 7.88. The third-order valence-corrected chi connectivity index (χ3v) is 2.95. The lowest BCUT2D eigenvalue weighted by Crippen LogP contribution is -2.36. The number of hydrogen-bond acceptors (Lipinski definition) is 4. The summed E-state index contributed by atoms with van der Waals surface area (Å²) < 4.78 is 0. The van der Waals surface area contributed by atoms with Crippen molar-refractivity contribution in [1.29, 1.82) is 0 Å². The van der Waals surface area contributed by atoms with Crippen LogP contribution in [0.15, 0.2) is 5.38 Å². The van der Waals surface area contributed by atoms with Crippen LogP contribution in [-0.2, 0) is 6.54 Å². The summed E-state index contributed by atoms with van der Waals surface area (Å²) in [6.45, 7) is 3.02. The van der Waals surface area contributed by atoms with Crippen LogP contribution in [0.1, 0.15) is 21.9 Å². The van der Waals surface area contributed by atoms with Crippen LogP contribution in [0.4, 0.5) is 0 Å². The SMILES string of the molecule is O=C(O)c1nc(CN2CCC2)cs1. The highest BCUT2D eigenvalue weighted by molar-refractivity contribution is 7.11. The van der Waals surface area contributed by atoms with Crippen molar-refractivity contribution in [2.75, 3.05) is 13.1 Å². The first-order chi connectivity index (χ1) is 6.25. The van der Waals surface area contributed by atoms with Gasteiger partial charge in [-0.05, 0) is 19.5 Å². The second kappa shape index (κ2) is 3.43. The Morgan fingerprint density at radius 3 is 2.92 bits per heavy atom. The fourth-order valence-electron chi connectivity index (χ4n) is 1.25. The smallest absolute Gasteiger partial charge is 0.365 e. The second-order valence-corrected chi connectivity index (χ2v) is 3.94. The van der Waals surface area contributed by atoms with Crippen LogP contribution in [-0.4, -0.2) is 34.0 Å². The predicted octanol–water partition coefficient (Wildman–Crippen LogP) is 1.05. The van der Waals surface area contributed by atoms with Crippen molar-refractivity contribution < 1.29 is 9.90 Å². The monoisotopic (exact) mass is 198 g/mol. The maximum atomic E-state index is 10.5. The van der Waals surface area contributed by atoms with E-state index in [0.717, 1.165) is 25.3 Å². The summed E-state index contributed by atoms with van der Waals surface area (Å²) in [5.74, 6) is -0.931. The third kappa shape index (κ3) is 1.87. The molecule has 0 saturated carbocycles. The average molecular weight is 198 g/mol. The summed E-state index contributed by atoms with van der Waals surface area (Å²) in [6, 6.07) is 0. The Morgan fingerprint density at radius 2 is 2.46 bits per heavy atom. The van der Waals surface area contributed by atoms with Gasteiger partial charge in [0.05, 0.1) is 5.69 Å². The maximum absolute atomic E-state index is 10.5. The molecule has 2 heterocycles. The van der Waals surface area contributed by atoms with Gasteiger partial charge in [0.15, 0.2) is 0 Å². The molecule has 1 aromatic heterocycles. The highest BCUT2D eigenvalue weighted by Gasteiger charge is 2.16. The number of likely N-dealkylation sites (tertiary alicyclic amines) is 1. The molecule has 1 saturated heterocycles. The molecular weight excluding hydrogens is 188 g/mol. The van der Waals surface area contributed by atoms with Crippen molar-refractivity contribution >= 4 is 17.3 Å². The second-order valence-electron chi connectivity index (χ2n) is 3.08. The summed E-state index contributed by atoms with van der Waals surface area (Å²) >= 11 is 1.20. The zero-order valence-electron chi connectivity index (χ0n) is 7.06. The van der Waals surface area contributed by atoms with E-state index in [1.807, 2.05) is 5.38 Å². The van der Waals surface area contributed by atoms with Gasteiger partial charge in [-0.25, -0.2) is 9.78 Å². The molecule has 4 nitrogen and oxygen atoms in total. The van der Waals surface area contributed by atoms with E-state index >= 15 is 0 Å². The van der Waals surface area contributed by atoms with Crippen LogP contribution < -0.4 is 0 Å². The lowest BCUT2D eigenvalue weighted by Gasteiger charge is -2.29. The lowest BCUT2D eigenvalue weighted by atomic mass is 10.2.